The molecule has 1 unspecified atom stereocenters. The molecule has 1 aliphatic carbocycles. The SMILES string of the molecule is C=CCC(C)NC(=O)NC1CCC(O)(c2ccccc2)CC1. The molecule has 0 aliphatic heterocycles. The molecule has 2 rings (SSSR count). The summed E-state index contributed by atoms with van der Waals surface area (Å²) in [6.07, 6.45) is 5.47. The highest BCUT2D eigenvalue weighted by molar-refractivity contribution is 5.74. The molecule has 0 bridgehead atoms. The third kappa shape index (κ3) is 4.34. The number of carbonyl (C=O) groups is 1. The lowest BCUT2D eigenvalue weighted by Gasteiger charge is -2.36. The molecule has 1 aromatic carbocycles. The monoisotopic (exact) mass is 302 g/mol. The van der Waals surface area contributed by atoms with E-state index in [2.05, 4.69) is 17.2 Å². The Morgan fingerprint density at radius 1 is 1.41 bits per heavy atom. The number of aliphatic hydroxyl groups is 1. The molecule has 4 nitrogen and oxygen atoms in total. The van der Waals surface area contributed by atoms with Crippen LogP contribution in [0.5, 0.6) is 0 Å². The number of amides is 2. The van der Waals surface area contributed by atoms with Crippen LogP contribution < -0.4 is 10.6 Å². The number of nitrogens with one attached hydrogen (secondary N) is 2. The zero-order chi connectivity index (χ0) is 16.0. The maximum absolute atomic E-state index is 11.9. The van der Waals surface area contributed by atoms with Gasteiger partial charge in [-0.3, -0.25) is 0 Å². The summed E-state index contributed by atoms with van der Waals surface area (Å²) in [5, 5.41) is 16.7. The van der Waals surface area contributed by atoms with Crippen molar-refractivity contribution in [3.05, 3.63) is 48.6 Å². The fourth-order valence-corrected chi connectivity index (χ4v) is 3.04. The average Bonchev–Trinajstić information content (AvgIpc) is 2.51. The van der Waals surface area contributed by atoms with Crippen molar-refractivity contribution in [1.29, 1.82) is 0 Å². The lowest BCUT2D eigenvalue weighted by molar-refractivity contribution is -0.00734. The summed E-state index contributed by atoms with van der Waals surface area (Å²) in [7, 11) is 0. The molecular weight excluding hydrogens is 276 g/mol. The van der Waals surface area contributed by atoms with Crippen molar-refractivity contribution in [1.82, 2.24) is 10.6 Å². The summed E-state index contributed by atoms with van der Waals surface area (Å²) in [4.78, 5) is 11.9. The average molecular weight is 302 g/mol. The van der Waals surface area contributed by atoms with Gasteiger partial charge in [0, 0.05) is 12.1 Å². The summed E-state index contributed by atoms with van der Waals surface area (Å²) in [5.41, 5.74) is 0.212. The Morgan fingerprint density at radius 3 is 2.64 bits per heavy atom. The molecule has 0 radical (unpaired) electrons. The van der Waals surface area contributed by atoms with Crippen LogP contribution in [0.3, 0.4) is 0 Å². The quantitative estimate of drug-likeness (QED) is 0.732. The van der Waals surface area contributed by atoms with Gasteiger partial charge in [-0.05, 0) is 44.6 Å². The summed E-state index contributed by atoms with van der Waals surface area (Å²) in [5.74, 6) is 0. The lowest BCUT2D eigenvalue weighted by atomic mass is 9.78. The maximum atomic E-state index is 11.9. The molecule has 1 aromatic rings. The predicted octanol–water partition coefficient (Wildman–Crippen LogP) is 3.08. The van der Waals surface area contributed by atoms with Crippen LogP contribution in [-0.2, 0) is 5.60 Å². The van der Waals surface area contributed by atoms with Gasteiger partial charge in [0.25, 0.3) is 0 Å². The topological polar surface area (TPSA) is 61.4 Å². The van der Waals surface area contributed by atoms with E-state index in [-0.39, 0.29) is 18.1 Å². The lowest BCUT2D eigenvalue weighted by Crippen LogP contribution is -2.48. The van der Waals surface area contributed by atoms with E-state index in [1.54, 1.807) is 6.08 Å². The van der Waals surface area contributed by atoms with E-state index in [4.69, 9.17) is 0 Å². The van der Waals surface area contributed by atoms with E-state index >= 15 is 0 Å². The van der Waals surface area contributed by atoms with Gasteiger partial charge in [-0.15, -0.1) is 6.58 Å². The molecule has 1 atom stereocenters. The second-order valence-corrected chi connectivity index (χ2v) is 6.22. The highest BCUT2D eigenvalue weighted by Crippen LogP contribution is 2.36. The van der Waals surface area contributed by atoms with Gasteiger partial charge in [0.15, 0.2) is 0 Å². The Kier molecular flexibility index (Phi) is 5.61. The highest BCUT2D eigenvalue weighted by atomic mass is 16.3. The van der Waals surface area contributed by atoms with Gasteiger partial charge < -0.3 is 15.7 Å². The molecule has 1 aliphatic rings. The molecule has 120 valence electrons. The third-order valence-corrected chi connectivity index (χ3v) is 4.36. The summed E-state index contributed by atoms with van der Waals surface area (Å²) >= 11 is 0. The molecule has 0 saturated heterocycles. The van der Waals surface area contributed by atoms with Crippen LogP contribution >= 0.6 is 0 Å². The van der Waals surface area contributed by atoms with Crippen molar-refractivity contribution in [3.8, 4) is 0 Å². The fourth-order valence-electron chi connectivity index (χ4n) is 3.04. The minimum absolute atomic E-state index is 0.0855. The van der Waals surface area contributed by atoms with E-state index in [9.17, 15) is 9.90 Å². The predicted molar refractivity (Wildman–Crippen MR) is 88.5 cm³/mol. The third-order valence-electron chi connectivity index (χ3n) is 4.36. The first-order chi connectivity index (χ1) is 10.5. The molecule has 1 saturated carbocycles. The molecule has 2 amide bonds. The minimum atomic E-state index is -0.758. The Morgan fingerprint density at radius 2 is 2.05 bits per heavy atom. The number of hydrogen-bond acceptors (Lipinski definition) is 2. The van der Waals surface area contributed by atoms with Gasteiger partial charge in [0.2, 0.25) is 0 Å². The Labute approximate surface area is 132 Å². The van der Waals surface area contributed by atoms with Crippen LogP contribution in [-0.4, -0.2) is 23.2 Å². The molecule has 0 aromatic heterocycles. The van der Waals surface area contributed by atoms with Crippen LogP contribution in [0.2, 0.25) is 0 Å². The van der Waals surface area contributed by atoms with E-state index < -0.39 is 5.60 Å². The molecule has 3 N–H and O–H groups in total. The maximum Gasteiger partial charge on any atom is 0.315 e. The Balaban J connectivity index is 1.82. The van der Waals surface area contributed by atoms with Gasteiger partial charge >= 0.3 is 6.03 Å². The van der Waals surface area contributed by atoms with Crippen LogP contribution in [0.15, 0.2) is 43.0 Å². The number of urea groups is 1. The van der Waals surface area contributed by atoms with E-state index in [0.29, 0.717) is 12.8 Å². The second kappa shape index (κ2) is 7.45. The van der Waals surface area contributed by atoms with E-state index in [1.165, 1.54) is 0 Å². The summed E-state index contributed by atoms with van der Waals surface area (Å²) < 4.78 is 0. The summed E-state index contributed by atoms with van der Waals surface area (Å²) in [6.45, 7) is 5.62. The zero-order valence-corrected chi connectivity index (χ0v) is 13.2. The van der Waals surface area contributed by atoms with Crippen LogP contribution in [0.25, 0.3) is 0 Å². The number of carbonyl (C=O) groups excluding carboxylic acids is 1. The number of rotatable bonds is 5. The molecule has 0 heterocycles. The van der Waals surface area contributed by atoms with Crippen LogP contribution in [0.4, 0.5) is 4.79 Å². The zero-order valence-electron chi connectivity index (χ0n) is 13.2. The normalized spacial score (nSPS) is 26.0. The molecule has 22 heavy (non-hydrogen) atoms. The molecule has 0 spiro atoms. The van der Waals surface area contributed by atoms with Crippen LogP contribution in [0.1, 0.15) is 44.6 Å². The first kappa shape index (κ1) is 16.6. The molecular formula is C18H26N2O2. The van der Waals surface area contributed by atoms with Gasteiger partial charge in [0.1, 0.15) is 0 Å². The van der Waals surface area contributed by atoms with Gasteiger partial charge in [0.05, 0.1) is 5.60 Å². The fraction of sp³-hybridized carbons (Fsp3) is 0.500. The van der Waals surface area contributed by atoms with Crippen molar-refractivity contribution in [3.63, 3.8) is 0 Å². The van der Waals surface area contributed by atoms with Crippen molar-refractivity contribution in [2.75, 3.05) is 0 Å². The first-order valence-electron chi connectivity index (χ1n) is 7.99. The highest BCUT2D eigenvalue weighted by Gasteiger charge is 2.35. The Hall–Kier alpha value is -1.81. The van der Waals surface area contributed by atoms with Gasteiger partial charge in [-0.1, -0.05) is 36.4 Å². The van der Waals surface area contributed by atoms with E-state index in [0.717, 1.165) is 24.8 Å². The standard InChI is InChI=1S/C18H26N2O2/c1-3-7-14(2)19-17(21)20-16-10-12-18(22,13-11-16)15-8-5-4-6-9-15/h3-6,8-9,14,16,22H,1,7,10-13H2,2H3,(H2,19,20,21). The summed E-state index contributed by atoms with van der Waals surface area (Å²) in [6, 6.07) is 9.87. The van der Waals surface area contributed by atoms with E-state index in [1.807, 2.05) is 37.3 Å². The van der Waals surface area contributed by atoms with Crippen LogP contribution in [0, 0.1) is 0 Å². The van der Waals surface area contributed by atoms with Crippen molar-refractivity contribution in [2.24, 2.45) is 0 Å². The second-order valence-electron chi connectivity index (χ2n) is 6.22. The minimum Gasteiger partial charge on any atom is -0.385 e. The van der Waals surface area contributed by atoms with Gasteiger partial charge in [-0.25, -0.2) is 4.79 Å². The number of benzene rings is 1. The molecule has 4 heteroatoms. The van der Waals surface area contributed by atoms with Crippen molar-refractivity contribution < 1.29 is 9.90 Å². The largest absolute Gasteiger partial charge is 0.385 e. The number of hydrogen-bond donors (Lipinski definition) is 3. The molecule has 1 fully saturated rings. The smallest absolute Gasteiger partial charge is 0.315 e. The van der Waals surface area contributed by atoms with Crippen molar-refractivity contribution in [2.45, 2.75) is 56.7 Å². The Bertz CT molecular complexity index is 493. The van der Waals surface area contributed by atoms with Crippen molar-refractivity contribution >= 4 is 6.03 Å². The van der Waals surface area contributed by atoms with Gasteiger partial charge in [-0.2, -0.15) is 0 Å². The first-order valence-corrected chi connectivity index (χ1v) is 7.99.